The summed E-state index contributed by atoms with van der Waals surface area (Å²) in [5.74, 6) is -23.2. The molecule has 0 spiro atoms. The number of halogens is 1. The lowest BCUT2D eigenvalue weighted by Gasteiger charge is -2.49. The maximum atomic E-state index is 15.0. The van der Waals surface area contributed by atoms with Gasteiger partial charge in [-0.1, -0.05) is 6.58 Å². The Balaban J connectivity index is 1.75. The summed E-state index contributed by atoms with van der Waals surface area (Å²) in [6.07, 6.45) is 0. The molecule has 3 saturated heterocycles. The Morgan fingerprint density at radius 2 is 1.53 bits per heavy atom. The van der Waals surface area contributed by atoms with Gasteiger partial charge in [0, 0.05) is 31.8 Å². The van der Waals surface area contributed by atoms with Crippen molar-refractivity contribution in [2.45, 2.75) is 30.4 Å². The van der Waals surface area contributed by atoms with E-state index in [0.717, 1.165) is 0 Å². The molecule has 45 heavy (non-hydrogen) atoms. The summed E-state index contributed by atoms with van der Waals surface area (Å²) < 4.78 is 20.2. The number of hydrogen-bond donors (Lipinski definition) is 13. The maximum Gasteiger partial charge on any atom is 0.306 e. The van der Waals surface area contributed by atoms with Crippen LogP contribution < -0.4 is 10.6 Å². The van der Waals surface area contributed by atoms with Gasteiger partial charge in [0.15, 0.2) is 34.7 Å². The molecule has 1 unspecified atom stereocenters. The molecule has 1 atom stereocenters. The second kappa shape index (κ2) is 11.3. The first-order chi connectivity index (χ1) is 20.8. The summed E-state index contributed by atoms with van der Waals surface area (Å²) in [5, 5.41) is 117. The van der Waals surface area contributed by atoms with Crippen molar-refractivity contribution in [1.82, 2.24) is 20.4 Å². The standard InChI is InChI=1S/C25H29FN4O15/c1-9(31)15(32)13-11(8-30(20(13)37)23(40)21(38)28-22(39)24(41,42)25(23,43)44)19(36)27-6-10-14(26)18(35)17(34)12(16(10)33)7-29-2-4-45-5-3-29/h27,31-36,40-44H,1-8H2,(H,28,38,39)/b15-13-,19-11-. The summed E-state index contributed by atoms with van der Waals surface area (Å²) in [7, 11) is 0. The molecule has 0 aliphatic carbocycles. The lowest BCUT2D eigenvalue weighted by molar-refractivity contribution is -0.407. The summed E-state index contributed by atoms with van der Waals surface area (Å²) in [4.78, 5) is 39.2. The van der Waals surface area contributed by atoms with Crippen molar-refractivity contribution in [1.29, 1.82) is 0 Å². The quantitative estimate of drug-likeness (QED) is 0.0336. The number of piperidine rings is 1. The van der Waals surface area contributed by atoms with Gasteiger partial charge in [-0.2, -0.15) is 0 Å². The molecule has 3 aliphatic rings. The number of carbonyl (C=O) groups is 3. The van der Waals surface area contributed by atoms with Crippen molar-refractivity contribution >= 4 is 17.7 Å². The third-order valence-electron chi connectivity index (χ3n) is 7.57. The number of ether oxygens (including phenoxy) is 1. The number of phenolic OH excluding ortho intramolecular Hbond substituents is 3. The molecule has 0 bridgehead atoms. The second-order valence-corrected chi connectivity index (χ2v) is 10.2. The summed E-state index contributed by atoms with van der Waals surface area (Å²) in [6.45, 7) is 1.98. The number of nitrogens with zero attached hydrogens (tertiary/aromatic N) is 2. The third-order valence-corrected chi connectivity index (χ3v) is 7.57. The number of carbonyl (C=O) groups excluding carboxylic acids is 3. The van der Waals surface area contributed by atoms with Crippen molar-refractivity contribution in [3.63, 3.8) is 0 Å². The smallest absolute Gasteiger partial charge is 0.306 e. The molecule has 13 N–H and O–H groups in total. The average Bonchev–Trinajstić information content (AvgIpc) is 3.33. The van der Waals surface area contributed by atoms with Crippen molar-refractivity contribution in [2.24, 2.45) is 0 Å². The molecule has 20 heteroatoms. The van der Waals surface area contributed by atoms with Crippen LogP contribution in [-0.2, 0) is 32.2 Å². The van der Waals surface area contributed by atoms with Gasteiger partial charge in [0.05, 0.1) is 36.5 Å². The van der Waals surface area contributed by atoms with Crippen LogP contribution in [0.25, 0.3) is 0 Å². The Hall–Kier alpha value is -4.70. The van der Waals surface area contributed by atoms with Gasteiger partial charge in [-0.25, -0.2) is 4.39 Å². The highest BCUT2D eigenvalue weighted by atomic mass is 19.1. The van der Waals surface area contributed by atoms with E-state index in [1.54, 1.807) is 4.90 Å². The molecule has 1 aromatic carbocycles. The van der Waals surface area contributed by atoms with Gasteiger partial charge in [0.25, 0.3) is 29.2 Å². The van der Waals surface area contributed by atoms with Gasteiger partial charge < -0.3 is 66.2 Å². The molecule has 1 aromatic rings. The predicted molar refractivity (Wildman–Crippen MR) is 140 cm³/mol. The van der Waals surface area contributed by atoms with Crippen LogP contribution in [0.2, 0.25) is 0 Å². The number of imide groups is 1. The molecule has 3 amide bonds. The summed E-state index contributed by atoms with van der Waals surface area (Å²) in [5.41, 5.74) is -7.15. The lowest BCUT2D eigenvalue weighted by atomic mass is 9.87. The Labute approximate surface area is 250 Å². The maximum absolute atomic E-state index is 15.0. The number of likely N-dealkylation sites (tertiary alicyclic amines) is 1. The number of hydrogen-bond acceptors (Lipinski definition) is 17. The first-order valence-electron chi connectivity index (χ1n) is 12.8. The van der Waals surface area contributed by atoms with Crippen LogP contribution in [0.5, 0.6) is 17.2 Å². The number of nitrogens with one attached hydrogen (secondary N) is 2. The first-order valence-corrected chi connectivity index (χ1v) is 12.8. The molecular weight excluding hydrogens is 615 g/mol. The molecule has 3 heterocycles. The summed E-state index contributed by atoms with van der Waals surface area (Å²) in [6, 6.07) is 0. The van der Waals surface area contributed by atoms with E-state index < -0.39 is 105 Å². The number of morpholine rings is 1. The van der Waals surface area contributed by atoms with E-state index in [0.29, 0.717) is 26.3 Å². The number of rotatable bonds is 7. The molecule has 0 saturated carbocycles. The minimum absolute atomic E-state index is 0.164. The minimum atomic E-state index is -4.54. The monoisotopic (exact) mass is 644 g/mol. The van der Waals surface area contributed by atoms with Gasteiger partial charge in [0.2, 0.25) is 0 Å². The van der Waals surface area contributed by atoms with Crippen LogP contribution in [0.15, 0.2) is 35.1 Å². The van der Waals surface area contributed by atoms with Gasteiger partial charge >= 0.3 is 5.79 Å². The van der Waals surface area contributed by atoms with Gasteiger partial charge in [-0.3, -0.25) is 29.5 Å². The van der Waals surface area contributed by atoms with Crippen molar-refractivity contribution in [3.8, 4) is 17.2 Å². The fourth-order valence-electron chi connectivity index (χ4n) is 4.92. The van der Waals surface area contributed by atoms with E-state index >= 15 is 0 Å². The molecule has 3 fully saturated rings. The van der Waals surface area contributed by atoms with E-state index in [4.69, 9.17) is 4.74 Å². The zero-order valence-corrected chi connectivity index (χ0v) is 23.0. The number of phenols is 3. The lowest BCUT2D eigenvalue weighted by Crippen LogP contribution is -2.85. The van der Waals surface area contributed by atoms with Gasteiger partial charge in [-0.15, -0.1) is 0 Å². The zero-order valence-electron chi connectivity index (χ0n) is 23.0. The number of aliphatic hydroxyl groups excluding tert-OH is 3. The topological polar surface area (TPSA) is 314 Å². The largest absolute Gasteiger partial charge is 0.507 e. The van der Waals surface area contributed by atoms with E-state index in [-0.39, 0.29) is 17.0 Å². The van der Waals surface area contributed by atoms with Gasteiger partial charge in [-0.05, 0) is 0 Å². The highest BCUT2D eigenvalue weighted by Gasteiger charge is 2.76. The molecule has 19 nitrogen and oxygen atoms in total. The highest BCUT2D eigenvalue weighted by Crippen LogP contribution is 2.44. The minimum Gasteiger partial charge on any atom is -0.507 e. The number of aromatic hydroxyl groups is 3. The van der Waals surface area contributed by atoms with Crippen LogP contribution in [-0.4, -0.2) is 134 Å². The molecule has 4 rings (SSSR count). The number of amides is 3. The van der Waals surface area contributed by atoms with Crippen LogP contribution in [0.1, 0.15) is 11.1 Å². The fourth-order valence-corrected chi connectivity index (χ4v) is 4.92. The Kier molecular flexibility index (Phi) is 8.37. The average molecular weight is 645 g/mol. The van der Waals surface area contributed by atoms with E-state index in [1.807, 2.05) is 0 Å². The second-order valence-electron chi connectivity index (χ2n) is 10.2. The molecule has 246 valence electrons. The first kappa shape index (κ1) is 33.2. The van der Waals surface area contributed by atoms with Crippen molar-refractivity contribution in [2.75, 3.05) is 32.8 Å². The third kappa shape index (κ3) is 5.03. The predicted octanol–water partition coefficient (Wildman–Crippen LogP) is -3.93. The SMILES string of the molecule is C=C(O)/C(O)=C1/C(=O)N(C2(O)C(=O)NC(=O)C(O)(O)C2(O)O)C/C1=C(/O)NCc1c(O)c(CN2CCOCC2)c(O)c(O)c1F. The molecule has 0 radical (unpaired) electrons. The van der Waals surface area contributed by atoms with Crippen molar-refractivity contribution < 1.29 is 79.7 Å². The number of benzene rings is 1. The Morgan fingerprint density at radius 3 is 2.11 bits per heavy atom. The zero-order chi connectivity index (χ0) is 33.8. The van der Waals surface area contributed by atoms with Crippen molar-refractivity contribution in [3.05, 3.63) is 52.1 Å². The van der Waals surface area contributed by atoms with Gasteiger partial charge in [0.1, 0.15) is 5.75 Å². The van der Waals surface area contributed by atoms with E-state index in [1.165, 1.54) is 5.32 Å². The molecular formula is C25H29FN4O15. The van der Waals surface area contributed by atoms with Crippen LogP contribution in [0, 0.1) is 5.82 Å². The normalized spacial score (nSPS) is 25.6. The Morgan fingerprint density at radius 1 is 0.933 bits per heavy atom. The highest BCUT2D eigenvalue weighted by molar-refractivity contribution is 6.11. The fraction of sp³-hybridized carbons (Fsp3) is 0.400. The van der Waals surface area contributed by atoms with Crippen LogP contribution in [0.3, 0.4) is 0 Å². The number of aliphatic hydroxyl groups is 8. The van der Waals surface area contributed by atoms with E-state index in [9.17, 15) is 74.9 Å². The molecule has 0 aromatic heterocycles. The molecule has 3 aliphatic heterocycles. The van der Waals surface area contributed by atoms with Crippen LogP contribution in [0.4, 0.5) is 4.39 Å². The van der Waals surface area contributed by atoms with E-state index in [2.05, 4.69) is 11.9 Å². The summed E-state index contributed by atoms with van der Waals surface area (Å²) >= 11 is 0. The Bertz CT molecular complexity index is 1550. The van der Waals surface area contributed by atoms with Crippen LogP contribution >= 0.6 is 0 Å².